The van der Waals surface area contributed by atoms with Gasteiger partial charge in [0.25, 0.3) is 5.89 Å². The van der Waals surface area contributed by atoms with Gasteiger partial charge in [-0.25, -0.2) is 9.18 Å². The van der Waals surface area contributed by atoms with Gasteiger partial charge in [-0.05, 0) is 38.3 Å². The van der Waals surface area contributed by atoms with Gasteiger partial charge in [-0.15, -0.1) is 17.5 Å². The Morgan fingerprint density at radius 1 is 1.23 bits per heavy atom. The number of fused-ring (bicyclic) bond motifs is 1. The highest BCUT2D eigenvalue weighted by molar-refractivity contribution is 5.98. The molecule has 3 heterocycles. The molecule has 2 aliphatic heterocycles. The van der Waals surface area contributed by atoms with E-state index < -0.39 is 23.1 Å². The topological polar surface area (TPSA) is 118 Å². The maximum atomic E-state index is 14.0. The molecule has 1 atom stereocenters. The summed E-state index contributed by atoms with van der Waals surface area (Å²) in [6, 6.07) is 4.10. The van der Waals surface area contributed by atoms with E-state index in [1.165, 1.54) is 18.0 Å². The van der Waals surface area contributed by atoms with Crippen molar-refractivity contribution in [1.82, 2.24) is 24.9 Å². The summed E-state index contributed by atoms with van der Waals surface area (Å²) in [6.07, 6.45) is 1.23. The largest absolute Gasteiger partial charge is 0.437 e. The highest BCUT2D eigenvalue weighted by atomic mass is 35.5. The second-order valence-electron chi connectivity index (χ2n) is 9.45. The van der Waals surface area contributed by atoms with Gasteiger partial charge in [0.2, 0.25) is 17.6 Å². The van der Waals surface area contributed by atoms with Crippen LogP contribution in [0.1, 0.15) is 54.9 Å². The number of hydrogen-bond acceptors (Lipinski definition) is 7. The zero-order chi connectivity index (χ0) is 24.6. The molecule has 35 heavy (non-hydrogen) atoms. The Bertz CT molecular complexity index is 1190. The zero-order valence-corrected chi connectivity index (χ0v) is 20.7. The van der Waals surface area contributed by atoms with Crippen molar-refractivity contribution >= 4 is 30.0 Å². The zero-order valence-electron chi connectivity index (χ0n) is 19.9. The number of halogens is 2. The molecule has 1 aromatic heterocycles. The summed E-state index contributed by atoms with van der Waals surface area (Å²) in [7, 11) is 1.38. The van der Waals surface area contributed by atoms with Crippen LogP contribution in [0, 0.1) is 5.82 Å². The predicted molar refractivity (Wildman–Crippen MR) is 125 cm³/mol. The summed E-state index contributed by atoms with van der Waals surface area (Å²) in [4.78, 5) is 53.0. The molecular formula is C23H29ClFN5O5. The van der Waals surface area contributed by atoms with E-state index in [9.17, 15) is 23.6 Å². The number of nitrogens with zero attached hydrogens (tertiary/aromatic N) is 4. The van der Waals surface area contributed by atoms with Gasteiger partial charge in [-0.3, -0.25) is 14.4 Å². The Balaban J connectivity index is 0.00000342. The van der Waals surface area contributed by atoms with Crippen LogP contribution >= 0.6 is 12.4 Å². The summed E-state index contributed by atoms with van der Waals surface area (Å²) in [5, 5.41) is 6.91. The van der Waals surface area contributed by atoms with Crippen LogP contribution in [0.5, 0.6) is 0 Å². The molecule has 10 nitrogen and oxygen atoms in total. The fourth-order valence-electron chi connectivity index (χ4n) is 4.45. The van der Waals surface area contributed by atoms with Gasteiger partial charge in [-0.2, -0.15) is 4.68 Å². The number of ketones is 1. The Hall–Kier alpha value is -3.05. The Kier molecular flexibility index (Phi) is 7.80. The smallest absolute Gasteiger partial charge is 0.384 e. The maximum Gasteiger partial charge on any atom is 0.437 e. The number of benzene rings is 1. The number of Topliss-reactive ketones (excluding diaryl/α,β-unsaturated/α-hetero) is 1. The minimum absolute atomic E-state index is 0. The van der Waals surface area contributed by atoms with Crippen molar-refractivity contribution in [3.8, 4) is 0 Å². The third-order valence-electron chi connectivity index (χ3n) is 6.37. The molecular weight excluding hydrogens is 481 g/mol. The van der Waals surface area contributed by atoms with E-state index >= 15 is 0 Å². The van der Waals surface area contributed by atoms with E-state index in [-0.39, 0.29) is 55.4 Å². The van der Waals surface area contributed by atoms with E-state index in [1.54, 1.807) is 11.0 Å². The number of nitrogens with one attached hydrogen (secondary N) is 1. The molecule has 0 saturated carbocycles. The Morgan fingerprint density at radius 3 is 2.63 bits per heavy atom. The van der Waals surface area contributed by atoms with Crippen LogP contribution in [0.25, 0.3) is 0 Å². The molecule has 0 unspecified atom stereocenters. The van der Waals surface area contributed by atoms with Crippen molar-refractivity contribution in [3.05, 3.63) is 51.6 Å². The number of hydrogen-bond donors (Lipinski definition) is 1. The number of carbonyl (C=O) groups is 3. The number of aryl methyl sites for hydroxylation is 1. The molecule has 190 valence electrons. The Morgan fingerprint density at radius 2 is 1.97 bits per heavy atom. The van der Waals surface area contributed by atoms with Gasteiger partial charge >= 0.3 is 5.76 Å². The van der Waals surface area contributed by atoms with Crippen LogP contribution in [0.15, 0.2) is 27.4 Å². The summed E-state index contributed by atoms with van der Waals surface area (Å²) in [5.41, 5.74) is 0.653. The van der Waals surface area contributed by atoms with Gasteiger partial charge in [-0.1, -0.05) is 12.1 Å². The standard InChI is InChI=1S/C23H28FN5O5.ClH/c1-23(2,10-18(30)28-12-14-6-4-7-16(24)15(14)13-28)25-11-19(31)29-9-5-8-17(29)20(32)21-26-27(3)22(33)34-21;/h4,6-7,17,25H,5,8-13H2,1-3H3;1H/t17-;/m0./s1. The summed E-state index contributed by atoms with van der Waals surface area (Å²) in [6.45, 7) is 4.57. The molecule has 12 heteroatoms. The molecule has 0 aliphatic carbocycles. The van der Waals surface area contributed by atoms with Crippen molar-refractivity contribution in [1.29, 1.82) is 0 Å². The third-order valence-corrected chi connectivity index (χ3v) is 6.37. The maximum absolute atomic E-state index is 14.0. The number of likely N-dealkylation sites (tertiary alicyclic amines) is 1. The molecule has 1 fully saturated rings. The lowest BCUT2D eigenvalue weighted by Crippen LogP contribution is -2.50. The summed E-state index contributed by atoms with van der Waals surface area (Å²) < 4.78 is 19.8. The predicted octanol–water partition coefficient (Wildman–Crippen LogP) is 1.41. The summed E-state index contributed by atoms with van der Waals surface area (Å²) >= 11 is 0. The molecule has 1 saturated heterocycles. The molecule has 1 N–H and O–H groups in total. The highest BCUT2D eigenvalue weighted by Crippen LogP contribution is 2.27. The quantitative estimate of drug-likeness (QED) is 0.561. The van der Waals surface area contributed by atoms with Crippen LogP contribution in [0.3, 0.4) is 0 Å². The van der Waals surface area contributed by atoms with E-state index in [0.717, 1.165) is 10.2 Å². The fourth-order valence-corrected chi connectivity index (χ4v) is 4.45. The van der Waals surface area contributed by atoms with E-state index in [1.807, 2.05) is 19.9 Å². The van der Waals surface area contributed by atoms with Crippen LogP contribution in [-0.2, 0) is 29.7 Å². The van der Waals surface area contributed by atoms with Gasteiger partial charge < -0.3 is 19.5 Å². The van der Waals surface area contributed by atoms with Crippen molar-refractivity contribution in [2.75, 3.05) is 13.1 Å². The second-order valence-corrected chi connectivity index (χ2v) is 9.45. The first-order chi connectivity index (χ1) is 16.1. The lowest BCUT2D eigenvalue weighted by atomic mass is 9.99. The lowest BCUT2D eigenvalue weighted by molar-refractivity contribution is -0.134. The van der Waals surface area contributed by atoms with Crippen LogP contribution in [0.2, 0.25) is 0 Å². The van der Waals surface area contributed by atoms with Crippen LogP contribution < -0.4 is 11.1 Å². The average molecular weight is 510 g/mol. The molecule has 1 aromatic carbocycles. The first-order valence-electron chi connectivity index (χ1n) is 11.2. The van der Waals surface area contributed by atoms with Gasteiger partial charge in [0.1, 0.15) is 11.9 Å². The van der Waals surface area contributed by atoms with Crippen molar-refractivity contribution < 1.29 is 23.2 Å². The van der Waals surface area contributed by atoms with Gasteiger partial charge in [0.05, 0.1) is 6.54 Å². The highest BCUT2D eigenvalue weighted by Gasteiger charge is 2.38. The van der Waals surface area contributed by atoms with Gasteiger partial charge in [0.15, 0.2) is 0 Å². The van der Waals surface area contributed by atoms with Crippen molar-refractivity contribution in [2.45, 2.75) is 57.8 Å². The second kappa shape index (κ2) is 10.3. The SMILES string of the molecule is Cl.Cn1nc(C(=O)[C@@H]2CCCN2C(=O)CNC(C)(C)CC(=O)N2Cc3cccc(F)c3C2)oc1=O. The van der Waals surface area contributed by atoms with Gasteiger partial charge in [0, 0.05) is 44.2 Å². The third kappa shape index (κ3) is 5.62. The summed E-state index contributed by atoms with van der Waals surface area (Å²) in [5.74, 6) is -2.28. The van der Waals surface area contributed by atoms with Crippen LogP contribution in [0.4, 0.5) is 4.39 Å². The minimum atomic E-state index is -0.741. The molecule has 2 amide bonds. The molecule has 0 radical (unpaired) electrons. The number of rotatable bonds is 7. The molecule has 2 aromatic rings. The molecule has 2 aliphatic rings. The molecule has 4 rings (SSSR count). The monoisotopic (exact) mass is 509 g/mol. The van der Waals surface area contributed by atoms with E-state index in [2.05, 4.69) is 10.4 Å². The normalized spacial score (nSPS) is 17.3. The van der Waals surface area contributed by atoms with Crippen LogP contribution in [-0.4, -0.2) is 61.8 Å². The Labute approximate surface area is 207 Å². The fraction of sp³-hybridized carbons (Fsp3) is 0.522. The minimum Gasteiger partial charge on any atom is -0.384 e. The van der Waals surface area contributed by atoms with E-state index in [0.29, 0.717) is 31.5 Å². The van der Waals surface area contributed by atoms with E-state index in [4.69, 9.17) is 4.42 Å². The van der Waals surface area contributed by atoms with Crippen molar-refractivity contribution in [3.63, 3.8) is 0 Å². The average Bonchev–Trinajstić information content (AvgIpc) is 3.51. The first-order valence-corrected chi connectivity index (χ1v) is 11.2. The number of aromatic nitrogens is 2. The molecule has 0 spiro atoms. The number of amides is 2. The lowest BCUT2D eigenvalue weighted by Gasteiger charge is -2.30. The first kappa shape index (κ1) is 26.6. The van der Waals surface area contributed by atoms with Crippen molar-refractivity contribution in [2.24, 2.45) is 7.05 Å². The molecule has 0 bridgehead atoms. The number of carbonyl (C=O) groups excluding carboxylic acids is 3.